The Morgan fingerprint density at radius 3 is 2.64 bits per heavy atom. The van der Waals surface area contributed by atoms with Crippen LogP contribution in [0.1, 0.15) is 53.9 Å². The van der Waals surface area contributed by atoms with Gasteiger partial charge in [0.25, 0.3) is 5.91 Å². The minimum Gasteiger partial charge on any atom is -0.460 e. The van der Waals surface area contributed by atoms with Crippen LogP contribution < -0.4 is 15.5 Å². The number of nitrogens with zero attached hydrogens (tertiary/aromatic N) is 1. The zero-order valence-corrected chi connectivity index (χ0v) is 15.7. The quantitative estimate of drug-likeness (QED) is 0.540. The van der Waals surface area contributed by atoms with Crippen molar-refractivity contribution in [2.24, 2.45) is 0 Å². The number of carbonyl (C=O) groups is 1. The molecule has 1 fully saturated rings. The number of aromatic nitrogens is 1. The predicted octanol–water partition coefficient (Wildman–Crippen LogP) is 2.76. The van der Waals surface area contributed by atoms with Crippen molar-refractivity contribution >= 4 is 5.91 Å². The molecule has 2 aliphatic rings. The van der Waals surface area contributed by atoms with Gasteiger partial charge in [-0.05, 0) is 36.1 Å². The summed E-state index contributed by atoms with van der Waals surface area (Å²) in [6.45, 7) is 4.24. The van der Waals surface area contributed by atoms with Gasteiger partial charge in [-0.3, -0.25) is 10.0 Å². The zero-order valence-electron chi connectivity index (χ0n) is 15.7. The van der Waals surface area contributed by atoms with Crippen LogP contribution in [0.15, 0.2) is 30.5 Å². The molecule has 2 aromatic rings. The van der Waals surface area contributed by atoms with Gasteiger partial charge in [0.05, 0.1) is 6.61 Å². The zero-order chi connectivity index (χ0) is 19.9. The van der Waals surface area contributed by atoms with Crippen molar-refractivity contribution in [3.63, 3.8) is 0 Å². The molecule has 28 heavy (non-hydrogen) atoms. The molecule has 1 aromatic heterocycles. The van der Waals surface area contributed by atoms with Crippen LogP contribution in [-0.2, 0) is 23.4 Å². The van der Waals surface area contributed by atoms with Crippen molar-refractivity contribution in [2.75, 3.05) is 0 Å². The maximum atomic E-state index is 13.2. The third-order valence-electron chi connectivity index (χ3n) is 5.22. The molecule has 3 N–H and O–H groups in total. The number of hydrogen-bond acceptors (Lipinski definition) is 6. The Hall–Kier alpha value is -2.55. The number of hydroxylamine groups is 1. The van der Waals surface area contributed by atoms with Gasteiger partial charge in [-0.25, -0.2) is 14.9 Å². The highest BCUT2D eigenvalue weighted by Gasteiger charge is 2.44. The first kappa shape index (κ1) is 18.8. The van der Waals surface area contributed by atoms with Crippen LogP contribution >= 0.6 is 0 Å². The fourth-order valence-corrected chi connectivity index (χ4v) is 3.45. The molecule has 4 rings (SSSR count). The van der Waals surface area contributed by atoms with Gasteiger partial charge in [-0.2, -0.15) is 0 Å². The Morgan fingerprint density at radius 1 is 1.29 bits per heavy atom. The van der Waals surface area contributed by atoms with Crippen LogP contribution in [-0.4, -0.2) is 21.9 Å². The van der Waals surface area contributed by atoms with E-state index in [-0.39, 0.29) is 23.7 Å². The number of nitrogens with one attached hydrogen (secondary N) is 2. The van der Waals surface area contributed by atoms with Crippen LogP contribution in [0, 0.1) is 5.82 Å². The number of halogens is 1. The Morgan fingerprint density at radius 2 is 2.00 bits per heavy atom. The molecule has 0 unspecified atom stereocenters. The van der Waals surface area contributed by atoms with Gasteiger partial charge < -0.3 is 14.8 Å². The van der Waals surface area contributed by atoms with Crippen molar-refractivity contribution in [1.82, 2.24) is 15.8 Å². The van der Waals surface area contributed by atoms with Crippen LogP contribution in [0.25, 0.3) is 0 Å². The van der Waals surface area contributed by atoms with E-state index in [4.69, 9.17) is 14.7 Å². The smallest absolute Gasteiger partial charge is 0.297 e. The lowest BCUT2D eigenvalue weighted by atomic mass is 10.0. The topological polar surface area (TPSA) is 92.7 Å². The van der Waals surface area contributed by atoms with E-state index < -0.39 is 11.7 Å². The van der Waals surface area contributed by atoms with Gasteiger partial charge in [-0.15, -0.1) is 0 Å². The molecule has 0 spiro atoms. The Bertz CT molecular complexity index is 910. The molecule has 8 heteroatoms. The molecule has 0 saturated heterocycles. The first-order chi connectivity index (χ1) is 13.3. The molecule has 1 aliphatic carbocycles. The van der Waals surface area contributed by atoms with Crippen molar-refractivity contribution in [1.29, 1.82) is 0 Å². The van der Waals surface area contributed by atoms with Gasteiger partial charge in [0.2, 0.25) is 5.79 Å². The number of pyridine rings is 1. The number of ether oxygens (including phenoxy) is 2. The largest absolute Gasteiger partial charge is 0.460 e. The summed E-state index contributed by atoms with van der Waals surface area (Å²) in [6, 6.07) is 6.53. The molecule has 1 aromatic carbocycles. The summed E-state index contributed by atoms with van der Waals surface area (Å²) in [6.07, 6.45) is 3.50. The molecule has 7 nitrogen and oxygen atoms in total. The van der Waals surface area contributed by atoms with E-state index >= 15 is 0 Å². The lowest BCUT2D eigenvalue weighted by Gasteiger charge is -2.34. The molecular formula is C20H22FN3O4. The first-order valence-electron chi connectivity index (χ1n) is 9.13. The van der Waals surface area contributed by atoms with Crippen molar-refractivity contribution in [3.05, 3.63) is 58.7 Å². The maximum absolute atomic E-state index is 13.2. The summed E-state index contributed by atoms with van der Waals surface area (Å²) in [4.78, 5) is 16.1. The third kappa shape index (κ3) is 3.46. The molecule has 1 amide bonds. The highest BCUT2D eigenvalue weighted by molar-refractivity contribution is 5.94. The third-order valence-corrected chi connectivity index (χ3v) is 5.22. The summed E-state index contributed by atoms with van der Waals surface area (Å²) in [5.74, 6) is -1.59. The fourth-order valence-electron chi connectivity index (χ4n) is 3.45. The summed E-state index contributed by atoms with van der Waals surface area (Å²) >= 11 is 0. The summed E-state index contributed by atoms with van der Waals surface area (Å²) in [7, 11) is 0. The van der Waals surface area contributed by atoms with E-state index in [1.807, 2.05) is 0 Å². The monoisotopic (exact) mass is 387 g/mol. The van der Waals surface area contributed by atoms with Crippen LogP contribution in [0.2, 0.25) is 0 Å². The minimum absolute atomic E-state index is 0.0114. The van der Waals surface area contributed by atoms with E-state index in [9.17, 15) is 9.18 Å². The Balaban J connectivity index is 1.60. The second-order valence-corrected chi connectivity index (χ2v) is 7.61. The van der Waals surface area contributed by atoms with Gasteiger partial charge in [-0.1, -0.05) is 12.1 Å². The van der Waals surface area contributed by atoms with Crippen LogP contribution in [0.3, 0.4) is 0 Å². The van der Waals surface area contributed by atoms with E-state index in [0.717, 1.165) is 29.5 Å². The second-order valence-electron chi connectivity index (χ2n) is 7.61. The normalized spacial score (nSPS) is 18.7. The van der Waals surface area contributed by atoms with Crippen LogP contribution in [0.4, 0.5) is 4.39 Å². The molecule has 0 atom stereocenters. The number of benzene rings is 1. The molecular weight excluding hydrogens is 365 g/mol. The summed E-state index contributed by atoms with van der Waals surface area (Å²) < 4.78 is 24.8. The van der Waals surface area contributed by atoms with Crippen LogP contribution in [0.5, 0.6) is 5.75 Å². The lowest BCUT2D eigenvalue weighted by molar-refractivity contribution is -0.180. The average Bonchev–Trinajstić information content (AvgIpc) is 3.46. The van der Waals surface area contributed by atoms with E-state index in [1.165, 1.54) is 12.1 Å². The molecule has 0 radical (unpaired) electrons. The Kier molecular flexibility index (Phi) is 4.57. The highest BCUT2D eigenvalue weighted by Crippen LogP contribution is 2.46. The van der Waals surface area contributed by atoms with Gasteiger partial charge in [0.1, 0.15) is 5.82 Å². The average molecular weight is 387 g/mol. The van der Waals surface area contributed by atoms with E-state index in [1.54, 1.807) is 37.7 Å². The standard InChI is InChI=1S/C20H22FN3O4/c1-19(2)27-11-15-12(9-22-16(17(15)28-19)18(25)24-26)10-23-20(7-8-20)13-3-5-14(21)6-4-13/h3-6,9,23,26H,7-8,10-11H2,1-2H3,(H,24,25). The van der Waals surface area contributed by atoms with Gasteiger partial charge in [0, 0.05) is 37.7 Å². The van der Waals surface area contributed by atoms with Crippen molar-refractivity contribution < 1.29 is 23.9 Å². The molecule has 148 valence electrons. The molecule has 1 aliphatic heterocycles. The van der Waals surface area contributed by atoms with Crippen molar-refractivity contribution in [2.45, 2.75) is 51.2 Å². The molecule has 1 saturated carbocycles. The number of carbonyl (C=O) groups excluding carboxylic acids is 1. The lowest BCUT2D eigenvalue weighted by Crippen LogP contribution is -2.38. The maximum Gasteiger partial charge on any atom is 0.297 e. The summed E-state index contributed by atoms with van der Waals surface area (Å²) in [5.41, 5.74) is 4.03. The number of hydrogen-bond donors (Lipinski definition) is 3. The fraction of sp³-hybridized carbons (Fsp3) is 0.400. The summed E-state index contributed by atoms with van der Waals surface area (Å²) in [5, 5.41) is 12.5. The predicted molar refractivity (Wildman–Crippen MR) is 97.1 cm³/mol. The number of rotatable bonds is 5. The second kappa shape index (κ2) is 6.80. The molecule has 0 bridgehead atoms. The SMILES string of the molecule is CC1(C)OCc2c(CNC3(c4ccc(F)cc4)CC3)cnc(C(=O)NO)c2O1. The Labute approximate surface area is 161 Å². The van der Waals surface area contributed by atoms with E-state index in [2.05, 4.69) is 10.3 Å². The number of amides is 1. The van der Waals surface area contributed by atoms with Gasteiger partial charge in [0.15, 0.2) is 11.4 Å². The molecule has 2 heterocycles. The minimum atomic E-state index is -0.906. The van der Waals surface area contributed by atoms with Crippen molar-refractivity contribution in [3.8, 4) is 5.75 Å². The number of fused-ring (bicyclic) bond motifs is 1. The first-order valence-corrected chi connectivity index (χ1v) is 9.13. The highest BCUT2D eigenvalue weighted by atomic mass is 19.1. The van der Waals surface area contributed by atoms with E-state index in [0.29, 0.717) is 12.3 Å². The van der Waals surface area contributed by atoms with Gasteiger partial charge >= 0.3 is 0 Å².